The highest BCUT2D eigenvalue weighted by Gasteiger charge is 2.66. The van der Waals surface area contributed by atoms with Gasteiger partial charge >= 0.3 is 0 Å². The number of benzene rings is 1. The van der Waals surface area contributed by atoms with E-state index < -0.39 is 0 Å². The van der Waals surface area contributed by atoms with E-state index in [0.29, 0.717) is 13.2 Å². The molecule has 0 radical (unpaired) electrons. The Morgan fingerprint density at radius 1 is 1.10 bits per heavy atom. The van der Waals surface area contributed by atoms with E-state index in [9.17, 15) is 0 Å². The Bertz CT molecular complexity index is 438. The van der Waals surface area contributed by atoms with Crippen LogP contribution in [0.1, 0.15) is 51.5 Å². The summed E-state index contributed by atoms with van der Waals surface area (Å²) in [6.45, 7) is 5.89. The van der Waals surface area contributed by atoms with Gasteiger partial charge in [-0.25, -0.2) is 0 Å². The van der Waals surface area contributed by atoms with Gasteiger partial charge in [-0.2, -0.15) is 0 Å². The van der Waals surface area contributed by atoms with Gasteiger partial charge in [0.25, 0.3) is 0 Å². The summed E-state index contributed by atoms with van der Waals surface area (Å²) in [5.74, 6) is 0.724. The van der Waals surface area contributed by atoms with Gasteiger partial charge in [-0.1, -0.05) is 49.6 Å². The minimum absolute atomic E-state index is 0.0457. The third-order valence-corrected chi connectivity index (χ3v) is 5.32. The van der Waals surface area contributed by atoms with Crippen LogP contribution in [0.15, 0.2) is 30.3 Å². The van der Waals surface area contributed by atoms with Crippen molar-refractivity contribution in [3.63, 3.8) is 0 Å². The lowest BCUT2D eigenvalue weighted by Crippen LogP contribution is -2.33. The SMILES string of the molecule is C[C@]1(COCc2ccccc2)O[C@]1(C)C1CCCCC1. The maximum absolute atomic E-state index is 6.14. The van der Waals surface area contributed by atoms with Crippen LogP contribution in [0.25, 0.3) is 0 Å². The summed E-state index contributed by atoms with van der Waals surface area (Å²) < 4.78 is 12.1. The first-order valence-corrected chi connectivity index (χ1v) is 7.96. The molecule has 1 saturated carbocycles. The first-order valence-electron chi connectivity index (χ1n) is 7.96. The molecule has 1 saturated heterocycles. The molecule has 2 heteroatoms. The topological polar surface area (TPSA) is 21.8 Å². The van der Waals surface area contributed by atoms with Gasteiger partial charge in [0.15, 0.2) is 0 Å². The van der Waals surface area contributed by atoms with Crippen LogP contribution in [-0.4, -0.2) is 17.8 Å². The van der Waals surface area contributed by atoms with E-state index in [1.807, 2.05) is 6.07 Å². The molecule has 0 amide bonds. The van der Waals surface area contributed by atoms with Gasteiger partial charge in [-0.15, -0.1) is 0 Å². The summed E-state index contributed by atoms with van der Waals surface area (Å²) in [5, 5.41) is 0. The van der Waals surface area contributed by atoms with Gasteiger partial charge in [0.2, 0.25) is 0 Å². The molecule has 0 bridgehead atoms. The largest absolute Gasteiger partial charge is 0.374 e. The zero-order valence-corrected chi connectivity index (χ0v) is 12.7. The Kier molecular flexibility index (Phi) is 3.87. The van der Waals surface area contributed by atoms with E-state index in [1.165, 1.54) is 37.7 Å². The maximum Gasteiger partial charge on any atom is 0.118 e. The van der Waals surface area contributed by atoms with E-state index in [2.05, 4.69) is 38.1 Å². The molecule has 1 aromatic carbocycles. The molecule has 2 aliphatic rings. The lowest BCUT2D eigenvalue weighted by Gasteiger charge is -2.27. The van der Waals surface area contributed by atoms with Crippen LogP contribution in [0.5, 0.6) is 0 Å². The highest BCUT2D eigenvalue weighted by Crippen LogP contribution is 2.56. The molecule has 0 spiro atoms. The maximum atomic E-state index is 6.14. The molecule has 0 unspecified atom stereocenters. The van der Waals surface area contributed by atoms with E-state index in [-0.39, 0.29) is 11.2 Å². The molecule has 2 nitrogen and oxygen atoms in total. The zero-order valence-electron chi connectivity index (χ0n) is 12.7. The second-order valence-electron chi connectivity index (χ2n) is 6.75. The van der Waals surface area contributed by atoms with Crippen LogP contribution >= 0.6 is 0 Å². The van der Waals surface area contributed by atoms with E-state index in [1.54, 1.807) is 0 Å². The second kappa shape index (κ2) is 5.50. The molecular weight excluding hydrogens is 248 g/mol. The fourth-order valence-corrected chi connectivity index (χ4v) is 3.72. The number of epoxide rings is 1. The van der Waals surface area contributed by atoms with E-state index in [4.69, 9.17) is 9.47 Å². The lowest BCUT2D eigenvalue weighted by molar-refractivity contribution is 0.0742. The van der Waals surface area contributed by atoms with Crippen molar-refractivity contribution in [1.29, 1.82) is 0 Å². The van der Waals surface area contributed by atoms with Gasteiger partial charge in [0.05, 0.1) is 13.2 Å². The summed E-state index contributed by atoms with van der Waals surface area (Å²) >= 11 is 0. The number of hydrogen-bond donors (Lipinski definition) is 0. The summed E-state index contributed by atoms with van der Waals surface area (Å²) in [4.78, 5) is 0. The van der Waals surface area contributed by atoms with Crippen LogP contribution in [0.3, 0.4) is 0 Å². The fraction of sp³-hybridized carbons (Fsp3) is 0.667. The Morgan fingerprint density at radius 3 is 2.50 bits per heavy atom. The molecule has 1 aromatic rings. The van der Waals surface area contributed by atoms with Crippen molar-refractivity contribution in [3.8, 4) is 0 Å². The molecule has 2 fully saturated rings. The van der Waals surface area contributed by atoms with Gasteiger partial charge in [-0.05, 0) is 38.2 Å². The van der Waals surface area contributed by atoms with Gasteiger partial charge in [-0.3, -0.25) is 0 Å². The number of ether oxygens (including phenoxy) is 2. The number of hydrogen-bond acceptors (Lipinski definition) is 2. The molecule has 2 atom stereocenters. The Morgan fingerprint density at radius 2 is 1.80 bits per heavy atom. The average molecular weight is 274 g/mol. The smallest absolute Gasteiger partial charge is 0.118 e. The standard InChI is InChI=1S/C18H26O2/c1-17(14-19-13-15-9-5-3-6-10-15)18(2,20-17)16-11-7-4-8-12-16/h3,5-6,9-10,16H,4,7-8,11-14H2,1-2H3/t17-,18-/m1/s1. The molecule has 0 N–H and O–H groups in total. The minimum atomic E-state index is -0.0796. The molecule has 0 aromatic heterocycles. The van der Waals surface area contributed by atoms with Crippen LogP contribution in [0.2, 0.25) is 0 Å². The van der Waals surface area contributed by atoms with Gasteiger partial charge < -0.3 is 9.47 Å². The summed E-state index contributed by atoms with van der Waals surface area (Å²) in [6.07, 6.45) is 6.78. The first-order chi connectivity index (χ1) is 9.64. The molecular formula is C18H26O2. The third kappa shape index (κ3) is 2.64. The highest BCUT2D eigenvalue weighted by molar-refractivity contribution is 5.15. The van der Waals surface area contributed by atoms with Crippen molar-refractivity contribution in [2.45, 2.75) is 63.8 Å². The number of rotatable bonds is 5. The normalized spacial score (nSPS) is 34.1. The average Bonchev–Trinajstić information content (AvgIpc) is 3.04. The Hall–Kier alpha value is -0.860. The van der Waals surface area contributed by atoms with Crippen molar-refractivity contribution in [1.82, 2.24) is 0 Å². The van der Waals surface area contributed by atoms with Crippen molar-refractivity contribution in [3.05, 3.63) is 35.9 Å². The molecule has 3 rings (SSSR count). The third-order valence-electron chi connectivity index (χ3n) is 5.32. The predicted octanol–water partition coefficient (Wildman–Crippen LogP) is 4.33. The molecule has 1 heterocycles. The Balaban J connectivity index is 1.50. The quantitative estimate of drug-likeness (QED) is 0.745. The van der Waals surface area contributed by atoms with Crippen molar-refractivity contribution in [2.75, 3.05) is 6.61 Å². The van der Waals surface area contributed by atoms with Crippen LogP contribution < -0.4 is 0 Å². The summed E-state index contributed by atoms with van der Waals surface area (Å²) in [7, 11) is 0. The van der Waals surface area contributed by atoms with Crippen molar-refractivity contribution in [2.24, 2.45) is 5.92 Å². The second-order valence-corrected chi connectivity index (χ2v) is 6.75. The van der Waals surface area contributed by atoms with Gasteiger partial charge in [0.1, 0.15) is 11.2 Å². The van der Waals surface area contributed by atoms with Crippen molar-refractivity contribution >= 4 is 0 Å². The first kappa shape index (κ1) is 14.1. The van der Waals surface area contributed by atoms with Crippen LogP contribution in [0, 0.1) is 5.92 Å². The molecule has 20 heavy (non-hydrogen) atoms. The summed E-state index contributed by atoms with van der Waals surface area (Å²) in [5.41, 5.74) is 1.20. The molecule has 110 valence electrons. The zero-order chi connectivity index (χ0) is 14.1. The lowest BCUT2D eigenvalue weighted by atomic mass is 9.75. The van der Waals surface area contributed by atoms with Crippen LogP contribution in [0.4, 0.5) is 0 Å². The minimum Gasteiger partial charge on any atom is -0.374 e. The van der Waals surface area contributed by atoms with E-state index >= 15 is 0 Å². The van der Waals surface area contributed by atoms with E-state index in [0.717, 1.165) is 5.92 Å². The van der Waals surface area contributed by atoms with Crippen LogP contribution in [-0.2, 0) is 16.1 Å². The molecule has 1 aliphatic carbocycles. The van der Waals surface area contributed by atoms with Crippen molar-refractivity contribution < 1.29 is 9.47 Å². The summed E-state index contributed by atoms with van der Waals surface area (Å²) in [6, 6.07) is 10.4. The molecule has 1 aliphatic heterocycles. The highest BCUT2D eigenvalue weighted by atomic mass is 16.7. The monoisotopic (exact) mass is 274 g/mol. The predicted molar refractivity (Wildman–Crippen MR) is 80.6 cm³/mol. The Labute approximate surface area is 122 Å². The fourth-order valence-electron chi connectivity index (χ4n) is 3.72. The van der Waals surface area contributed by atoms with Gasteiger partial charge in [0, 0.05) is 0 Å².